The molecule has 17 heavy (non-hydrogen) atoms. The van der Waals surface area contributed by atoms with E-state index in [0.717, 1.165) is 39.0 Å². The predicted octanol–water partition coefficient (Wildman–Crippen LogP) is 0.704. The monoisotopic (exact) mass is 238 g/mol. The minimum Gasteiger partial charge on any atom is -0.381 e. The molecule has 0 amide bonds. The second kappa shape index (κ2) is 6.14. The Morgan fingerprint density at radius 3 is 3.18 bits per heavy atom. The summed E-state index contributed by atoms with van der Waals surface area (Å²) >= 11 is 0. The van der Waals surface area contributed by atoms with E-state index < -0.39 is 0 Å². The first-order valence-electron chi connectivity index (χ1n) is 6.37. The van der Waals surface area contributed by atoms with E-state index in [9.17, 15) is 0 Å². The third-order valence-corrected chi connectivity index (χ3v) is 3.37. The van der Waals surface area contributed by atoms with Crippen molar-refractivity contribution in [2.24, 2.45) is 11.8 Å². The van der Waals surface area contributed by atoms with E-state index in [1.54, 1.807) is 0 Å². The Morgan fingerprint density at radius 2 is 2.59 bits per heavy atom. The first kappa shape index (κ1) is 12.5. The van der Waals surface area contributed by atoms with E-state index in [1.807, 2.05) is 10.9 Å². The summed E-state index contributed by atoms with van der Waals surface area (Å²) in [6.07, 6.45) is 7.20. The van der Waals surface area contributed by atoms with Crippen LogP contribution in [0.25, 0.3) is 0 Å². The van der Waals surface area contributed by atoms with E-state index >= 15 is 0 Å². The van der Waals surface area contributed by atoms with Gasteiger partial charge in [-0.1, -0.05) is 0 Å². The molecule has 0 aromatic carbocycles. The van der Waals surface area contributed by atoms with Gasteiger partial charge in [0.15, 0.2) is 0 Å². The Morgan fingerprint density at radius 1 is 1.71 bits per heavy atom. The second-order valence-electron chi connectivity index (χ2n) is 4.74. The minimum absolute atomic E-state index is 0.316. The van der Waals surface area contributed by atoms with E-state index in [1.165, 1.54) is 5.56 Å². The summed E-state index contributed by atoms with van der Waals surface area (Å²) in [5.41, 5.74) is 4.16. The molecule has 2 heterocycles. The van der Waals surface area contributed by atoms with Crippen molar-refractivity contribution in [1.82, 2.24) is 15.2 Å². The molecular formula is C12H22N4O. The second-order valence-corrected chi connectivity index (χ2v) is 4.74. The van der Waals surface area contributed by atoms with Crippen LogP contribution >= 0.6 is 0 Å². The summed E-state index contributed by atoms with van der Waals surface area (Å²) in [4.78, 5) is 0. The summed E-state index contributed by atoms with van der Waals surface area (Å²) in [5, 5.41) is 4.28. The van der Waals surface area contributed by atoms with Gasteiger partial charge in [0.2, 0.25) is 0 Å². The average Bonchev–Trinajstić information content (AvgIpc) is 2.99. The number of aryl methyl sites for hydroxylation is 1. The summed E-state index contributed by atoms with van der Waals surface area (Å²) in [6.45, 7) is 4.78. The molecule has 2 atom stereocenters. The molecule has 5 heteroatoms. The average molecular weight is 238 g/mol. The minimum atomic E-state index is 0.316. The van der Waals surface area contributed by atoms with Gasteiger partial charge in [-0.2, -0.15) is 5.10 Å². The van der Waals surface area contributed by atoms with E-state index in [2.05, 4.69) is 23.6 Å². The molecule has 1 fully saturated rings. The lowest BCUT2D eigenvalue weighted by Crippen LogP contribution is -2.38. The van der Waals surface area contributed by atoms with Crippen molar-refractivity contribution in [2.45, 2.75) is 38.8 Å². The largest absolute Gasteiger partial charge is 0.381 e. The standard InChI is InChI=1S/C12H22N4O/c1-2-16-8-11(7-14-16)6-12(15-13)5-10-3-4-17-9-10/h7-8,10,12,15H,2-6,9,13H2,1H3. The molecular weight excluding hydrogens is 216 g/mol. The van der Waals surface area contributed by atoms with Crippen molar-refractivity contribution in [2.75, 3.05) is 13.2 Å². The molecule has 0 radical (unpaired) electrons. The van der Waals surface area contributed by atoms with Crippen LogP contribution in [0.15, 0.2) is 12.4 Å². The summed E-state index contributed by atoms with van der Waals surface area (Å²) in [6, 6.07) is 0.316. The van der Waals surface area contributed by atoms with Gasteiger partial charge in [-0.3, -0.25) is 16.0 Å². The first-order chi connectivity index (χ1) is 8.31. The van der Waals surface area contributed by atoms with Crippen LogP contribution in [-0.4, -0.2) is 29.0 Å². The zero-order valence-electron chi connectivity index (χ0n) is 10.4. The zero-order valence-corrected chi connectivity index (χ0v) is 10.4. The highest BCUT2D eigenvalue weighted by Crippen LogP contribution is 2.19. The van der Waals surface area contributed by atoms with Gasteiger partial charge >= 0.3 is 0 Å². The Bertz CT molecular complexity index is 333. The van der Waals surface area contributed by atoms with Crippen molar-refractivity contribution in [3.63, 3.8) is 0 Å². The molecule has 0 aliphatic carbocycles. The fourth-order valence-electron chi connectivity index (χ4n) is 2.35. The van der Waals surface area contributed by atoms with Crippen molar-refractivity contribution < 1.29 is 4.74 Å². The van der Waals surface area contributed by atoms with Crippen molar-refractivity contribution in [1.29, 1.82) is 0 Å². The maximum absolute atomic E-state index is 5.62. The smallest absolute Gasteiger partial charge is 0.0522 e. The molecule has 1 aliphatic heterocycles. The molecule has 3 N–H and O–H groups in total. The lowest BCUT2D eigenvalue weighted by Gasteiger charge is -2.18. The zero-order chi connectivity index (χ0) is 12.1. The molecule has 0 bridgehead atoms. The molecule has 1 aromatic rings. The molecule has 5 nitrogen and oxygen atoms in total. The number of hydrazine groups is 1. The number of nitrogens with zero attached hydrogens (tertiary/aromatic N) is 2. The van der Waals surface area contributed by atoms with Gasteiger partial charge in [-0.25, -0.2) is 0 Å². The highest BCUT2D eigenvalue weighted by Gasteiger charge is 2.20. The molecule has 2 unspecified atom stereocenters. The molecule has 2 rings (SSSR count). The van der Waals surface area contributed by atoms with Gasteiger partial charge in [0, 0.05) is 32.0 Å². The normalized spacial score (nSPS) is 21.9. The topological polar surface area (TPSA) is 65.1 Å². The lowest BCUT2D eigenvalue weighted by atomic mass is 9.96. The van der Waals surface area contributed by atoms with Crippen LogP contribution in [0, 0.1) is 5.92 Å². The first-order valence-corrected chi connectivity index (χ1v) is 6.37. The molecule has 1 aromatic heterocycles. The Labute approximate surface area is 102 Å². The van der Waals surface area contributed by atoms with Crippen molar-refractivity contribution in [3.8, 4) is 0 Å². The Kier molecular flexibility index (Phi) is 4.53. The number of aromatic nitrogens is 2. The number of ether oxygens (including phenoxy) is 1. The predicted molar refractivity (Wildman–Crippen MR) is 66.3 cm³/mol. The van der Waals surface area contributed by atoms with E-state index in [0.29, 0.717) is 12.0 Å². The van der Waals surface area contributed by atoms with Gasteiger partial charge in [-0.15, -0.1) is 0 Å². The van der Waals surface area contributed by atoms with E-state index in [-0.39, 0.29) is 0 Å². The number of rotatable bonds is 6. The van der Waals surface area contributed by atoms with Gasteiger partial charge in [0.1, 0.15) is 0 Å². The molecule has 96 valence electrons. The van der Waals surface area contributed by atoms with Crippen LogP contribution in [0.3, 0.4) is 0 Å². The molecule has 1 aliphatic rings. The molecule has 0 spiro atoms. The Balaban J connectivity index is 1.85. The number of nitrogens with one attached hydrogen (secondary N) is 1. The van der Waals surface area contributed by atoms with Crippen LogP contribution in [0.2, 0.25) is 0 Å². The maximum atomic E-state index is 5.62. The number of hydrogen-bond donors (Lipinski definition) is 2. The third kappa shape index (κ3) is 3.52. The summed E-state index contributed by atoms with van der Waals surface area (Å²) < 4.78 is 7.34. The van der Waals surface area contributed by atoms with Crippen molar-refractivity contribution in [3.05, 3.63) is 18.0 Å². The number of nitrogens with two attached hydrogens (primary N) is 1. The molecule has 0 saturated carbocycles. The number of hydrogen-bond acceptors (Lipinski definition) is 4. The SMILES string of the molecule is CCn1cc(CC(CC2CCOC2)NN)cn1. The molecule has 1 saturated heterocycles. The van der Waals surface area contributed by atoms with Crippen LogP contribution in [0.4, 0.5) is 0 Å². The maximum Gasteiger partial charge on any atom is 0.0522 e. The van der Waals surface area contributed by atoms with Crippen LogP contribution in [-0.2, 0) is 17.7 Å². The van der Waals surface area contributed by atoms with Gasteiger partial charge < -0.3 is 4.74 Å². The van der Waals surface area contributed by atoms with Gasteiger partial charge in [0.25, 0.3) is 0 Å². The lowest BCUT2D eigenvalue weighted by molar-refractivity contribution is 0.181. The third-order valence-electron chi connectivity index (χ3n) is 3.37. The Hall–Kier alpha value is -0.910. The fourth-order valence-corrected chi connectivity index (χ4v) is 2.35. The highest BCUT2D eigenvalue weighted by atomic mass is 16.5. The van der Waals surface area contributed by atoms with Crippen molar-refractivity contribution >= 4 is 0 Å². The van der Waals surface area contributed by atoms with Crippen LogP contribution in [0.5, 0.6) is 0 Å². The van der Waals surface area contributed by atoms with Crippen LogP contribution < -0.4 is 11.3 Å². The van der Waals surface area contributed by atoms with Gasteiger partial charge in [0.05, 0.1) is 6.20 Å². The highest BCUT2D eigenvalue weighted by molar-refractivity contribution is 5.06. The van der Waals surface area contributed by atoms with E-state index in [4.69, 9.17) is 10.6 Å². The quantitative estimate of drug-likeness (QED) is 0.566. The van der Waals surface area contributed by atoms with Gasteiger partial charge in [-0.05, 0) is 37.7 Å². The fraction of sp³-hybridized carbons (Fsp3) is 0.750. The summed E-state index contributed by atoms with van der Waals surface area (Å²) in [7, 11) is 0. The van der Waals surface area contributed by atoms with Crippen LogP contribution in [0.1, 0.15) is 25.3 Å². The summed E-state index contributed by atoms with van der Waals surface area (Å²) in [5.74, 6) is 6.27.